The van der Waals surface area contributed by atoms with Crippen molar-refractivity contribution in [3.05, 3.63) is 29.8 Å². The van der Waals surface area contributed by atoms with Gasteiger partial charge in [-0.05, 0) is 44.9 Å². The number of carbonyl (C=O) groups excluding carboxylic acids is 1. The van der Waals surface area contributed by atoms with Crippen LogP contribution in [0.1, 0.15) is 32.8 Å². The predicted octanol–water partition coefficient (Wildman–Crippen LogP) is 3.37. The van der Waals surface area contributed by atoms with E-state index in [2.05, 4.69) is 21.2 Å². The molecule has 0 radical (unpaired) electrons. The van der Waals surface area contributed by atoms with E-state index in [1.807, 2.05) is 0 Å². The van der Waals surface area contributed by atoms with Crippen LogP contribution in [0.25, 0.3) is 0 Å². The van der Waals surface area contributed by atoms with Crippen LogP contribution in [0.4, 0.5) is 4.79 Å². The number of amides is 1. The Labute approximate surface area is 150 Å². The van der Waals surface area contributed by atoms with Crippen molar-refractivity contribution in [3.63, 3.8) is 0 Å². The van der Waals surface area contributed by atoms with Gasteiger partial charge in [0.2, 0.25) is 0 Å². The van der Waals surface area contributed by atoms with Crippen LogP contribution >= 0.6 is 15.9 Å². The van der Waals surface area contributed by atoms with Crippen molar-refractivity contribution < 1.29 is 24.2 Å². The Morgan fingerprint density at radius 3 is 2.38 bits per heavy atom. The molecule has 0 aliphatic rings. The number of ether oxygens (including phenoxy) is 2. The summed E-state index contributed by atoms with van der Waals surface area (Å²) in [5.74, 6) is -0.384. The Hall–Kier alpha value is -1.76. The van der Waals surface area contributed by atoms with E-state index in [0.29, 0.717) is 6.61 Å². The van der Waals surface area contributed by atoms with Gasteiger partial charge >= 0.3 is 12.1 Å². The summed E-state index contributed by atoms with van der Waals surface area (Å²) in [5, 5.41) is 12.5. The number of benzene rings is 1. The van der Waals surface area contributed by atoms with Crippen molar-refractivity contribution in [1.82, 2.24) is 5.32 Å². The highest BCUT2D eigenvalue weighted by atomic mass is 79.9. The Balaban J connectivity index is 2.62. The predicted molar refractivity (Wildman–Crippen MR) is 94.8 cm³/mol. The Morgan fingerprint density at radius 2 is 1.88 bits per heavy atom. The highest BCUT2D eigenvalue weighted by Gasteiger charge is 2.24. The standard InChI is InChI=1S/C17H24BrNO5/c1-17(2,3)24-16(22)19-14(15(20)21)11-12-5-7-13(8-6-12)23-10-4-9-18/h5-8,14H,4,9-11H2,1-3H3,(H,19,22)(H,20,21). The quantitative estimate of drug-likeness (QED) is 0.515. The van der Waals surface area contributed by atoms with E-state index in [1.54, 1.807) is 45.0 Å². The largest absolute Gasteiger partial charge is 0.494 e. The lowest BCUT2D eigenvalue weighted by molar-refractivity contribution is -0.139. The van der Waals surface area contributed by atoms with E-state index in [0.717, 1.165) is 23.1 Å². The maximum atomic E-state index is 11.7. The van der Waals surface area contributed by atoms with Gasteiger partial charge in [0.05, 0.1) is 6.61 Å². The van der Waals surface area contributed by atoms with Crippen molar-refractivity contribution >= 4 is 28.0 Å². The number of hydrogen-bond acceptors (Lipinski definition) is 4. The number of carboxylic acids is 1. The second-order valence-corrected chi connectivity index (χ2v) is 7.07. The molecule has 24 heavy (non-hydrogen) atoms. The number of hydrogen-bond donors (Lipinski definition) is 2. The lowest BCUT2D eigenvalue weighted by Crippen LogP contribution is -2.44. The molecular weight excluding hydrogens is 378 g/mol. The first-order valence-corrected chi connectivity index (χ1v) is 8.83. The lowest BCUT2D eigenvalue weighted by Gasteiger charge is -2.22. The molecule has 7 heteroatoms. The van der Waals surface area contributed by atoms with Gasteiger partial charge in [-0.2, -0.15) is 0 Å². The fraction of sp³-hybridized carbons (Fsp3) is 0.529. The summed E-state index contributed by atoms with van der Waals surface area (Å²) in [6, 6.07) is 6.10. The van der Waals surface area contributed by atoms with Gasteiger partial charge in [0.25, 0.3) is 0 Å². The second-order valence-electron chi connectivity index (χ2n) is 6.28. The van der Waals surface area contributed by atoms with Gasteiger partial charge < -0.3 is 19.9 Å². The van der Waals surface area contributed by atoms with E-state index in [4.69, 9.17) is 9.47 Å². The number of nitrogens with one attached hydrogen (secondary N) is 1. The average Bonchev–Trinajstić information content (AvgIpc) is 2.46. The Morgan fingerprint density at radius 1 is 1.25 bits per heavy atom. The first kappa shape index (κ1) is 20.3. The van der Waals surface area contributed by atoms with Crippen LogP contribution in [0.15, 0.2) is 24.3 Å². The molecule has 0 saturated carbocycles. The third-order valence-corrected chi connectivity index (χ3v) is 3.46. The van der Waals surface area contributed by atoms with Gasteiger partial charge in [-0.3, -0.25) is 0 Å². The van der Waals surface area contributed by atoms with Crippen LogP contribution < -0.4 is 10.1 Å². The monoisotopic (exact) mass is 401 g/mol. The van der Waals surface area contributed by atoms with Crippen molar-refractivity contribution in [2.24, 2.45) is 0 Å². The molecule has 0 heterocycles. The molecule has 1 rings (SSSR count). The van der Waals surface area contributed by atoms with E-state index >= 15 is 0 Å². The maximum Gasteiger partial charge on any atom is 0.408 e. The molecule has 0 saturated heterocycles. The SMILES string of the molecule is CC(C)(C)OC(=O)NC(Cc1ccc(OCCCBr)cc1)C(=O)O. The van der Waals surface area contributed by atoms with Gasteiger partial charge in [0, 0.05) is 11.8 Å². The minimum absolute atomic E-state index is 0.163. The molecule has 1 unspecified atom stereocenters. The van der Waals surface area contributed by atoms with E-state index < -0.39 is 23.7 Å². The van der Waals surface area contributed by atoms with Crippen LogP contribution in [-0.2, 0) is 16.0 Å². The summed E-state index contributed by atoms with van der Waals surface area (Å²) in [4.78, 5) is 23.1. The van der Waals surface area contributed by atoms with E-state index in [9.17, 15) is 14.7 Å². The maximum absolute atomic E-state index is 11.7. The average molecular weight is 402 g/mol. The fourth-order valence-corrected chi connectivity index (χ4v) is 2.08. The normalized spacial score (nSPS) is 12.3. The molecule has 0 spiro atoms. The highest BCUT2D eigenvalue weighted by molar-refractivity contribution is 9.09. The summed E-state index contributed by atoms with van der Waals surface area (Å²) >= 11 is 3.33. The van der Waals surface area contributed by atoms with Crippen molar-refractivity contribution in [2.75, 3.05) is 11.9 Å². The summed E-state index contributed by atoms with van der Waals surface area (Å²) < 4.78 is 10.6. The van der Waals surface area contributed by atoms with Crippen LogP contribution in [0.2, 0.25) is 0 Å². The number of aliphatic carboxylic acids is 1. The van der Waals surface area contributed by atoms with E-state index in [-0.39, 0.29) is 6.42 Å². The highest BCUT2D eigenvalue weighted by Crippen LogP contribution is 2.14. The van der Waals surface area contributed by atoms with Gasteiger partial charge in [-0.15, -0.1) is 0 Å². The summed E-state index contributed by atoms with van der Waals surface area (Å²) in [5.41, 5.74) is 0.104. The lowest BCUT2D eigenvalue weighted by atomic mass is 10.1. The molecule has 1 atom stereocenters. The molecule has 0 bridgehead atoms. The van der Waals surface area contributed by atoms with Crippen molar-refractivity contribution in [1.29, 1.82) is 0 Å². The third-order valence-electron chi connectivity index (χ3n) is 2.90. The van der Waals surface area contributed by atoms with Crippen molar-refractivity contribution in [3.8, 4) is 5.75 Å². The number of carboxylic acid groups (broad SMARTS) is 1. The molecular formula is C17H24BrNO5. The first-order chi connectivity index (χ1) is 11.2. The van der Waals surface area contributed by atoms with Crippen molar-refractivity contribution in [2.45, 2.75) is 45.3 Å². The smallest absolute Gasteiger partial charge is 0.408 e. The molecule has 0 aromatic heterocycles. The van der Waals surface area contributed by atoms with Gasteiger partial charge in [0.15, 0.2) is 0 Å². The Bertz CT molecular complexity index is 539. The van der Waals surface area contributed by atoms with Gasteiger partial charge in [-0.1, -0.05) is 28.1 Å². The zero-order valence-electron chi connectivity index (χ0n) is 14.2. The van der Waals surface area contributed by atoms with Crippen LogP contribution in [-0.4, -0.2) is 40.7 Å². The zero-order valence-corrected chi connectivity index (χ0v) is 15.8. The molecule has 134 valence electrons. The number of halogens is 1. The molecule has 1 aromatic carbocycles. The molecule has 0 aliphatic heterocycles. The fourth-order valence-electron chi connectivity index (χ4n) is 1.85. The molecule has 0 fully saturated rings. The first-order valence-electron chi connectivity index (χ1n) is 7.71. The summed E-state index contributed by atoms with van der Waals surface area (Å²) in [6.45, 7) is 5.77. The van der Waals surface area contributed by atoms with Crippen LogP contribution in [0.5, 0.6) is 5.75 Å². The summed E-state index contributed by atoms with van der Waals surface area (Å²) in [6.07, 6.45) is 0.323. The van der Waals surface area contributed by atoms with Gasteiger partial charge in [-0.25, -0.2) is 9.59 Å². The number of alkyl carbamates (subject to hydrolysis) is 1. The Kier molecular flexibility index (Phi) is 8.04. The molecule has 2 N–H and O–H groups in total. The van der Waals surface area contributed by atoms with Crippen LogP contribution in [0, 0.1) is 0 Å². The summed E-state index contributed by atoms with van der Waals surface area (Å²) in [7, 11) is 0. The number of alkyl halides is 1. The molecule has 1 aromatic rings. The van der Waals surface area contributed by atoms with E-state index in [1.165, 1.54) is 0 Å². The van der Waals surface area contributed by atoms with Gasteiger partial charge in [0.1, 0.15) is 17.4 Å². The third kappa shape index (κ3) is 8.19. The molecule has 1 amide bonds. The molecule has 6 nitrogen and oxygen atoms in total. The number of rotatable bonds is 8. The van der Waals surface area contributed by atoms with Crippen LogP contribution in [0.3, 0.4) is 0 Å². The topological polar surface area (TPSA) is 84.9 Å². The zero-order chi connectivity index (χ0) is 18.2. The molecule has 0 aliphatic carbocycles. The second kappa shape index (κ2) is 9.52. The number of carbonyl (C=O) groups is 2. The minimum atomic E-state index is -1.11. The minimum Gasteiger partial charge on any atom is -0.494 e.